The van der Waals surface area contributed by atoms with Crippen LogP contribution >= 0.6 is 23.2 Å². The van der Waals surface area contributed by atoms with E-state index in [2.05, 4.69) is 5.32 Å². The van der Waals surface area contributed by atoms with Gasteiger partial charge in [-0.1, -0.05) is 59.6 Å². The lowest BCUT2D eigenvalue weighted by Crippen LogP contribution is -2.53. The number of nitrogens with zero attached hydrogens (tertiary/aromatic N) is 2. The first-order valence-electron chi connectivity index (χ1n) is 14.0. The zero-order chi connectivity index (χ0) is 32.6. The van der Waals surface area contributed by atoms with Gasteiger partial charge in [0.05, 0.1) is 17.2 Å². The maximum Gasteiger partial charge on any atom is 0.264 e. The first-order valence-corrected chi connectivity index (χ1v) is 16.2. The molecule has 0 saturated carbocycles. The fourth-order valence-corrected chi connectivity index (χ4v) is 6.57. The van der Waals surface area contributed by atoms with E-state index in [-0.39, 0.29) is 28.6 Å². The van der Waals surface area contributed by atoms with Crippen molar-refractivity contribution in [1.29, 1.82) is 0 Å². The summed E-state index contributed by atoms with van der Waals surface area (Å²) in [5.74, 6) is -1.23. The fraction of sp³-hybridized carbons (Fsp3) is 0.212. The van der Waals surface area contributed by atoms with Crippen molar-refractivity contribution < 1.29 is 27.1 Å². The number of nitrogens with one attached hydrogen (secondary N) is 1. The first-order chi connectivity index (χ1) is 21.5. The van der Waals surface area contributed by atoms with Crippen molar-refractivity contribution in [1.82, 2.24) is 10.2 Å². The van der Waals surface area contributed by atoms with E-state index in [0.29, 0.717) is 22.9 Å². The minimum absolute atomic E-state index is 0.118. The second-order valence-corrected chi connectivity index (χ2v) is 12.7. The van der Waals surface area contributed by atoms with Crippen molar-refractivity contribution in [2.24, 2.45) is 0 Å². The number of hydrogen-bond donors (Lipinski definition) is 1. The fourth-order valence-electron chi connectivity index (χ4n) is 4.69. The highest BCUT2D eigenvalue weighted by atomic mass is 35.5. The van der Waals surface area contributed by atoms with Crippen LogP contribution in [0.2, 0.25) is 10.0 Å². The number of likely N-dealkylation sites (N-methyl/N-ethyl adjacent to an activating group) is 1. The molecular formula is C33H32Cl2FN3O5S. The first kappa shape index (κ1) is 33.8. The van der Waals surface area contributed by atoms with Crippen LogP contribution in [0.1, 0.15) is 18.1 Å². The van der Waals surface area contributed by atoms with Crippen molar-refractivity contribution in [3.8, 4) is 5.75 Å². The van der Waals surface area contributed by atoms with E-state index in [1.165, 1.54) is 30.1 Å². The molecule has 4 aromatic carbocycles. The van der Waals surface area contributed by atoms with E-state index >= 15 is 0 Å². The number of halogens is 3. The second-order valence-electron chi connectivity index (χ2n) is 9.97. The van der Waals surface area contributed by atoms with E-state index in [1.54, 1.807) is 24.3 Å². The second kappa shape index (κ2) is 15.2. The molecule has 1 atom stereocenters. The summed E-state index contributed by atoms with van der Waals surface area (Å²) in [6.45, 7) is 1.42. The zero-order valence-corrected chi connectivity index (χ0v) is 26.9. The number of sulfonamides is 1. The van der Waals surface area contributed by atoms with Gasteiger partial charge in [0.1, 0.15) is 24.2 Å². The number of ether oxygens (including phenoxy) is 1. The zero-order valence-electron chi connectivity index (χ0n) is 24.6. The highest BCUT2D eigenvalue weighted by Crippen LogP contribution is 2.28. The molecule has 45 heavy (non-hydrogen) atoms. The van der Waals surface area contributed by atoms with Crippen molar-refractivity contribution in [2.45, 2.75) is 30.8 Å². The molecule has 0 unspecified atom stereocenters. The molecule has 0 aliphatic heterocycles. The van der Waals surface area contributed by atoms with E-state index in [0.717, 1.165) is 34.1 Å². The standard InChI is InChI=1S/C33H32Cl2FN3O5S/c1-3-44-28-15-13-27(14-16-28)39(45(42,43)29-17-11-26(36)12-18-29)22-32(40)38(21-24-9-10-25(34)20-30(24)35)31(33(41)37-2)19-23-7-5-4-6-8-23/h4-18,20,31H,3,19,21-22H2,1-2H3,(H,37,41)/t31-/m1/s1. The van der Waals surface area contributed by atoms with Crippen molar-refractivity contribution in [2.75, 3.05) is 24.5 Å². The summed E-state index contributed by atoms with van der Waals surface area (Å²) in [5, 5.41) is 3.29. The molecule has 0 spiro atoms. The third-order valence-electron chi connectivity index (χ3n) is 6.99. The predicted molar refractivity (Wildman–Crippen MR) is 174 cm³/mol. The van der Waals surface area contributed by atoms with Crippen LogP contribution in [0, 0.1) is 5.82 Å². The summed E-state index contributed by atoms with van der Waals surface area (Å²) < 4.78 is 48.2. The topological polar surface area (TPSA) is 96.0 Å². The number of carbonyl (C=O) groups excluding carboxylic acids is 2. The lowest BCUT2D eigenvalue weighted by atomic mass is 10.0. The van der Waals surface area contributed by atoms with Gasteiger partial charge in [0.25, 0.3) is 10.0 Å². The molecule has 0 aromatic heterocycles. The van der Waals surface area contributed by atoms with Gasteiger partial charge in [0.2, 0.25) is 11.8 Å². The van der Waals surface area contributed by atoms with Gasteiger partial charge >= 0.3 is 0 Å². The predicted octanol–water partition coefficient (Wildman–Crippen LogP) is 6.11. The summed E-state index contributed by atoms with van der Waals surface area (Å²) in [7, 11) is -2.93. The molecule has 4 aromatic rings. The molecule has 0 radical (unpaired) electrons. The quantitative estimate of drug-likeness (QED) is 0.185. The molecule has 236 valence electrons. The lowest BCUT2D eigenvalue weighted by molar-refractivity contribution is -0.139. The molecule has 0 saturated heterocycles. The van der Waals surface area contributed by atoms with Crippen LogP contribution in [0.5, 0.6) is 5.75 Å². The number of amides is 2. The van der Waals surface area contributed by atoms with E-state index < -0.39 is 40.2 Å². The van der Waals surface area contributed by atoms with Crippen LogP contribution < -0.4 is 14.4 Å². The molecule has 8 nitrogen and oxygen atoms in total. The average Bonchev–Trinajstić information content (AvgIpc) is 3.03. The Bertz CT molecular complexity index is 1720. The Morgan fingerprint density at radius 2 is 1.60 bits per heavy atom. The smallest absolute Gasteiger partial charge is 0.264 e. The third-order valence-corrected chi connectivity index (χ3v) is 9.36. The van der Waals surface area contributed by atoms with E-state index in [9.17, 15) is 22.4 Å². The molecular weight excluding hydrogens is 640 g/mol. The highest BCUT2D eigenvalue weighted by Gasteiger charge is 2.34. The van der Waals surface area contributed by atoms with Crippen LogP contribution in [0.3, 0.4) is 0 Å². The third kappa shape index (κ3) is 8.54. The van der Waals surface area contributed by atoms with Gasteiger partial charge in [-0.25, -0.2) is 12.8 Å². The van der Waals surface area contributed by atoms with Crippen molar-refractivity contribution >= 4 is 50.7 Å². The number of rotatable bonds is 13. The van der Waals surface area contributed by atoms with Gasteiger partial charge in [-0.2, -0.15) is 0 Å². The van der Waals surface area contributed by atoms with Crippen LogP contribution in [-0.4, -0.2) is 51.4 Å². The van der Waals surface area contributed by atoms with E-state index in [1.807, 2.05) is 37.3 Å². The number of hydrogen-bond acceptors (Lipinski definition) is 5. The van der Waals surface area contributed by atoms with Crippen molar-refractivity contribution in [3.05, 3.63) is 124 Å². The molecule has 0 fully saturated rings. The summed E-state index contributed by atoms with van der Waals surface area (Å²) in [4.78, 5) is 28.8. The van der Waals surface area contributed by atoms with Gasteiger partial charge in [-0.3, -0.25) is 13.9 Å². The molecule has 0 aliphatic carbocycles. The summed E-state index contributed by atoms with van der Waals surface area (Å²) in [6, 6.07) is 23.4. The van der Waals surface area contributed by atoms with Gasteiger partial charge in [-0.05, 0) is 78.7 Å². The van der Waals surface area contributed by atoms with Gasteiger partial charge in [0, 0.05) is 30.1 Å². The molecule has 0 aliphatic rings. The lowest BCUT2D eigenvalue weighted by Gasteiger charge is -2.33. The molecule has 1 N–H and O–H groups in total. The van der Waals surface area contributed by atoms with Crippen LogP contribution in [0.15, 0.2) is 102 Å². The Morgan fingerprint density at radius 3 is 2.20 bits per heavy atom. The maximum absolute atomic E-state index is 14.3. The van der Waals surface area contributed by atoms with Gasteiger partial charge in [0.15, 0.2) is 0 Å². The van der Waals surface area contributed by atoms with Crippen LogP contribution in [-0.2, 0) is 32.6 Å². The molecule has 12 heteroatoms. The number of carbonyl (C=O) groups is 2. The highest BCUT2D eigenvalue weighted by molar-refractivity contribution is 7.92. The van der Waals surface area contributed by atoms with Crippen LogP contribution in [0.4, 0.5) is 10.1 Å². The van der Waals surface area contributed by atoms with Crippen molar-refractivity contribution in [3.63, 3.8) is 0 Å². The SMILES string of the molecule is CCOc1ccc(N(CC(=O)N(Cc2ccc(Cl)cc2Cl)[C@H](Cc2ccccc2)C(=O)NC)S(=O)(=O)c2ccc(F)cc2)cc1. The summed E-state index contributed by atoms with van der Waals surface area (Å²) >= 11 is 12.6. The summed E-state index contributed by atoms with van der Waals surface area (Å²) in [5.41, 5.74) is 1.46. The largest absolute Gasteiger partial charge is 0.494 e. The normalized spacial score (nSPS) is 11.8. The van der Waals surface area contributed by atoms with Gasteiger partial charge in [-0.15, -0.1) is 0 Å². The molecule has 4 rings (SSSR count). The Hall–Kier alpha value is -4.12. The molecule has 0 heterocycles. The monoisotopic (exact) mass is 671 g/mol. The Balaban J connectivity index is 1.80. The number of anilines is 1. The number of benzene rings is 4. The molecule has 0 bridgehead atoms. The minimum Gasteiger partial charge on any atom is -0.494 e. The van der Waals surface area contributed by atoms with Gasteiger partial charge < -0.3 is 15.0 Å². The molecule has 2 amide bonds. The Morgan fingerprint density at radius 1 is 0.933 bits per heavy atom. The maximum atomic E-state index is 14.3. The Labute approximate surface area is 272 Å². The minimum atomic E-state index is -4.39. The Kier molecular flexibility index (Phi) is 11.4. The average molecular weight is 673 g/mol. The summed E-state index contributed by atoms with van der Waals surface area (Å²) in [6.07, 6.45) is 0.144. The van der Waals surface area contributed by atoms with E-state index in [4.69, 9.17) is 27.9 Å². The van der Waals surface area contributed by atoms with Crippen LogP contribution in [0.25, 0.3) is 0 Å².